The smallest absolute Gasteiger partial charge is 0.233 e. The van der Waals surface area contributed by atoms with Crippen molar-refractivity contribution in [2.75, 3.05) is 5.32 Å². The lowest BCUT2D eigenvalue weighted by Gasteiger charge is -2.13. The quantitative estimate of drug-likeness (QED) is 0.803. The fraction of sp³-hybridized carbons (Fsp3) is 0.235. The largest absolute Gasteiger partial charge is 0.326 e. The average molecular weight is 320 g/mol. The van der Waals surface area contributed by atoms with Crippen LogP contribution < -0.4 is 5.32 Å². The Labute approximate surface area is 134 Å². The molecular weight excluding hydrogens is 305 g/mol. The van der Waals surface area contributed by atoms with E-state index in [9.17, 15) is 4.79 Å². The summed E-state index contributed by atoms with van der Waals surface area (Å²) in [5, 5.41) is 2.87. The van der Waals surface area contributed by atoms with Gasteiger partial charge in [-0.25, -0.2) is 0 Å². The van der Waals surface area contributed by atoms with Crippen molar-refractivity contribution in [3.63, 3.8) is 0 Å². The molecule has 4 heteroatoms. The second-order valence-electron chi connectivity index (χ2n) is 5.61. The molecule has 1 atom stereocenters. The van der Waals surface area contributed by atoms with Crippen LogP contribution >= 0.6 is 23.2 Å². The van der Waals surface area contributed by atoms with E-state index in [4.69, 9.17) is 23.2 Å². The number of hydrogen-bond acceptors (Lipinski definition) is 1. The molecule has 0 saturated heterocycles. The lowest BCUT2D eigenvalue weighted by atomic mass is 10.1. The minimum atomic E-state index is -0.943. The van der Waals surface area contributed by atoms with Gasteiger partial charge in [-0.05, 0) is 36.6 Å². The van der Waals surface area contributed by atoms with E-state index in [-0.39, 0.29) is 5.91 Å². The van der Waals surface area contributed by atoms with Gasteiger partial charge in [-0.1, -0.05) is 42.5 Å². The molecule has 1 aliphatic rings. The predicted octanol–water partition coefficient (Wildman–Crippen LogP) is 4.88. The molecule has 0 bridgehead atoms. The summed E-state index contributed by atoms with van der Waals surface area (Å²) in [7, 11) is 0. The number of alkyl halides is 2. The summed E-state index contributed by atoms with van der Waals surface area (Å²) >= 11 is 12.0. The molecule has 1 N–H and O–H groups in total. The van der Waals surface area contributed by atoms with Gasteiger partial charge < -0.3 is 5.32 Å². The Morgan fingerprint density at radius 1 is 1.00 bits per heavy atom. The normalized spacial score (nSPS) is 22.6. The highest BCUT2D eigenvalue weighted by atomic mass is 35.5. The minimum absolute atomic E-state index is 0.139. The summed E-state index contributed by atoms with van der Waals surface area (Å²) in [6.07, 6.45) is 0.483. The van der Waals surface area contributed by atoms with Crippen LogP contribution in [0.2, 0.25) is 0 Å². The van der Waals surface area contributed by atoms with Crippen molar-refractivity contribution in [2.24, 2.45) is 5.41 Å². The van der Waals surface area contributed by atoms with Gasteiger partial charge in [-0.15, -0.1) is 23.2 Å². The predicted molar refractivity (Wildman–Crippen MR) is 87.7 cm³/mol. The van der Waals surface area contributed by atoms with Crippen LogP contribution in [0.4, 0.5) is 5.69 Å². The molecule has 1 amide bonds. The van der Waals surface area contributed by atoms with E-state index in [1.54, 1.807) is 6.92 Å². The van der Waals surface area contributed by atoms with E-state index in [1.165, 1.54) is 0 Å². The van der Waals surface area contributed by atoms with Crippen LogP contribution in [-0.4, -0.2) is 10.2 Å². The number of anilines is 1. The van der Waals surface area contributed by atoms with E-state index >= 15 is 0 Å². The Balaban J connectivity index is 1.73. The Morgan fingerprint density at radius 3 is 2.05 bits per heavy atom. The lowest BCUT2D eigenvalue weighted by Crippen LogP contribution is -2.25. The zero-order valence-electron chi connectivity index (χ0n) is 11.6. The van der Waals surface area contributed by atoms with Gasteiger partial charge >= 0.3 is 0 Å². The highest BCUT2D eigenvalue weighted by Gasteiger charge is 2.67. The Morgan fingerprint density at radius 2 is 1.52 bits per heavy atom. The zero-order chi connectivity index (χ0) is 15.1. The van der Waals surface area contributed by atoms with Crippen molar-refractivity contribution in [3.8, 4) is 11.1 Å². The summed E-state index contributed by atoms with van der Waals surface area (Å²) in [4.78, 5) is 12.2. The molecule has 1 aliphatic carbocycles. The number of nitrogens with one attached hydrogen (secondary N) is 1. The van der Waals surface area contributed by atoms with Crippen LogP contribution in [0.15, 0.2) is 54.6 Å². The maximum absolute atomic E-state index is 12.2. The van der Waals surface area contributed by atoms with Crippen molar-refractivity contribution >= 4 is 34.8 Å². The van der Waals surface area contributed by atoms with Gasteiger partial charge in [0.25, 0.3) is 0 Å². The summed E-state index contributed by atoms with van der Waals surface area (Å²) in [5.41, 5.74) is 2.30. The Bertz CT molecular complexity index is 667. The van der Waals surface area contributed by atoms with Crippen LogP contribution in [0.5, 0.6) is 0 Å². The van der Waals surface area contributed by atoms with Crippen molar-refractivity contribution in [3.05, 3.63) is 54.6 Å². The first-order valence-corrected chi connectivity index (χ1v) is 7.53. The van der Waals surface area contributed by atoms with Gasteiger partial charge in [-0.3, -0.25) is 4.79 Å². The summed E-state index contributed by atoms with van der Waals surface area (Å²) < 4.78 is -0.943. The lowest BCUT2D eigenvalue weighted by molar-refractivity contribution is -0.120. The van der Waals surface area contributed by atoms with Crippen LogP contribution in [0.25, 0.3) is 11.1 Å². The average Bonchev–Trinajstić information content (AvgIpc) is 3.01. The van der Waals surface area contributed by atoms with Gasteiger partial charge in [0.1, 0.15) is 4.33 Å². The number of amides is 1. The summed E-state index contributed by atoms with van der Waals surface area (Å²) in [6.45, 7) is 1.78. The Kier molecular flexibility index (Phi) is 3.46. The standard InChI is InChI=1S/C17H15Cl2NO/c1-16(11-17(16,18)19)15(21)20-14-9-7-13(8-10-14)12-5-3-2-4-6-12/h2-10H,11H2,1H3,(H,20,21). The Hall–Kier alpha value is -1.51. The van der Waals surface area contributed by atoms with E-state index in [0.717, 1.165) is 16.8 Å². The van der Waals surface area contributed by atoms with Gasteiger partial charge in [0.15, 0.2) is 0 Å². The molecule has 0 heterocycles. The first kappa shape index (κ1) is 14.4. The first-order chi connectivity index (χ1) is 9.92. The first-order valence-electron chi connectivity index (χ1n) is 6.77. The van der Waals surface area contributed by atoms with Crippen LogP contribution in [0, 0.1) is 5.41 Å². The molecule has 1 fully saturated rings. The number of halogens is 2. The molecular formula is C17H15Cl2NO. The van der Waals surface area contributed by atoms with E-state index in [0.29, 0.717) is 6.42 Å². The SMILES string of the molecule is CC1(C(=O)Nc2ccc(-c3ccccc3)cc2)CC1(Cl)Cl. The van der Waals surface area contributed by atoms with Crippen LogP contribution in [0.1, 0.15) is 13.3 Å². The molecule has 3 rings (SSSR count). The highest BCUT2D eigenvalue weighted by Crippen LogP contribution is 2.64. The topological polar surface area (TPSA) is 29.1 Å². The zero-order valence-corrected chi connectivity index (χ0v) is 13.1. The second kappa shape index (κ2) is 5.04. The fourth-order valence-electron chi connectivity index (χ4n) is 2.29. The number of rotatable bonds is 3. The summed E-state index contributed by atoms with van der Waals surface area (Å²) in [5.74, 6) is -0.139. The van der Waals surface area contributed by atoms with E-state index < -0.39 is 9.75 Å². The van der Waals surface area contributed by atoms with Crippen molar-refractivity contribution in [1.82, 2.24) is 0 Å². The maximum Gasteiger partial charge on any atom is 0.233 e. The molecule has 108 valence electrons. The van der Waals surface area contributed by atoms with Crippen LogP contribution in [0.3, 0.4) is 0 Å². The van der Waals surface area contributed by atoms with Gasteiger partial charge in [-0.2, -0.15) is 0 Å². The minimum Gasteiger partial charge on any atom is -0.326 e. The molecule has 21 heavy (non-hydrogen) atoms. The third-order valence-corrected chi connectivity index (χ3v) is 5.11. The second-order valence-corrected chi connectivity index (χ2v) is 7.09. The number of hydrogen-bond donors (Lipinski definition) is 1. The molecule has 2 aromatic rings. The van der Waals surface area contributed by atoms with Crippen molar-refractivity contribution < 1.29 is 4.79 Å². The van der Waals surface area contributed by atoms with Gasteiger partial charge in [0.05, 0.1) is 5.41 Å². The van der Waals surface area contributed by atoms with Crippen molar-refractivity contribution in [1.29, 1.82) is 0 Å². The molecule has 0 spiro atoms. The highest BCUT2D eigenvalue weighted by molar-refractivity contribution is 6.53. The third-order valence-electron chi connectivity index (χ3n) is 4.01. The number of benzene rings is 2. The van der Waals surface area contributed by atoms with Crippen LogP contribution in [-0.2, 0) is 4.79 Å². The summed E-state index contributed by atoms with van der Waals surface area (Å²) in [6, 6.07) is 17.8. The molecule has 1 unspecified atom stereocenters. The van der Waals surface area contributed by atoms with Crippen molar-refractivity contribution in [2.45, 2.75) is 17.7 Å². The monoisotopic (exact) mass is 319 g/mol. The molecule has 0 aliphatic heterocycles. The van der Waals surface area contributed by atoms with Gasteiger partial charge in [0, 0.05) is 5.69 Å². The van der Waals surface area contributed by atoms with Gasteiger partial charge in [0.2, 0.25) is 5.91 Å². The fourth-order valence-corrected chi connectivity index (χ4v) is 3.00. The molecule has 0 aromatic heterocycles. The van der Waals surface area contributed by atoms with E-state index in [1.807, 2.05) is 54.6 Å². The van der Waals surface area contributed by atoms with E-state index in [2.05, 4.69) is 5.32 Å². The molecule has 1 saturated carbocycles. The molecule has 2 aromatic carbocycles. The molecule has 2 nitrogen and oxygen atoms in total. The third kappa shape index (κ3) is 2.66. The molecule has 0 radical (unpaired) electrons. The number of carbonyl (C=O) groups is 1. The number of carbonyl (C=O) groups excluding carboxylic acids is 1. The maximum atomic E-state index is 12.2.